The summed E-state index contributed by atoms with van der Waals surface area (Å²) in [4.78, 5) is 4.25. The van der Waals surface area contributed by atoms with Gasteiger partial charge in [-0.1, -0.05) is 12.1 Å². The zero-order valence-electron chi connectivity index (χ0n) is 8.07. The molecule has 2 rings (SSSR count). The highest BCUT2D eigenvalue weighted by atomic mass is 16.5. The summed E-state index contributed by atoms with van der Waals surface area (Å²) in [5.41, 5.74) is 7.79. The third-order valence-corrected chi connectivity index (χ3v) is 2.22. The van der Waals surface area contributed by atoms with Crippen LogP contribution in [0.1, 0.15) is 11.1 Å². The zero-order chi connectivity index (χ0) is 9.80. The van der Waals surface area contributed by atoms with Crippen LogP contribution in [-0.2, 0) is 11.2 Å². The Balaban J connectivity index is 2.13. The van der Waals surface area contributed by atoms with Gasteiger partial charge in [0.2, 0.25) is 5.90 Å². The quantitative estimate of drug-likeness (QED) is 0.771. The van der Waals surface area contributed by atoms with Crippen molar-refractivity contribution in [2.75, 3.05) is 19.7 Å². The maximum atomic E-state index is 5.47. The lowest BCUT2D eigenvalue weighted by atomic mass is 10.1. The van der Waals surface area contributed by atoms with E-state index in [0.717, 1.165) is 24.4 Å². The van der Waals surface area contributed by atoms with E-state index in [9.17, 15) is 0 Å². The molecule has 0 amide bonds. The van der Waals surface area contributed by atoms with Gasteiger partial charge in [-0.2, -0.15) is 0 Å². The fourth-order valence-corrected chi connectivity index (χ4v) is 1.49. The maximum absolute atomic E-state index is 5.47. The number of aliphatic imine (C=N–C) groups is 1. The Morgan fingerprint density at radius 2 is 2.07 bits per heavy atom. The molecule has 14 heavy (non-hydrogen) atoms. The van der Waals surface area contributed by atoms with Crippen molar-refractivity contribution in [2.45, 2.75) is 6.42 Å². The van der Waals surface area contributed by atoms with Gasteiger partial charge in [-0.25, -0.2) is 4.99 Å². The van der Waals surface area contributed by atoms with E-state index in [1.165, 1.54) is 5.56 Å². The molecule has 0 unspecified atom stereocenters. The third kappa shape index (κ3) is 1.93. The van der Waals surface area contributed by atoms with Crippen molar-refractivity contribution in [3.8, 4) is 0 Å². The predicted molar refractivity (Wildman–Crippen MR) is 56.6 cm³/mol. The zero-order valence-corrected chi connectivity index (χ0v) is 8.07. The number of nitrogens with zero attached hydrogens (tertiary/aromatic N) is 1. The molecule has 0 saturated heterocycles. The minimum Gasteiger partial charge on any atom is -0.476 e. The van der Waals surface area contributed by atoms with Crippen LogP contribution >= 0.6 is 0 Å². The Bertz CT molecular complexity index is 330. The second kappa shape index (κ2) is 4.24. The van der Waals surface area contributed by atoms with Crippen molar-refractivity contribution in [1.82, 2.24) is 0 Å². The fraction of sp³-hybridized carbons (Fsp3) is 0.364. The Morgan fingerprint density at radius 3 is 2.64 bits per heavy atom. The first-order chi connectivity index (χ1) is 6.90. The van der Waals surface area contributed by atoms with E-state index in [-0.39, 0.29) is 0 Å². The Hall–Kier alpha value is -1.35. The van der Waals surface area contributed by atoms with E-state index in [1.54, 1.807) is 0 Å². The first-order valence-corrected chi connectivity index (χ1v) is 4.87. The monoisotopic (exact) mass is 190 g/mol. The van der Waals surface area contributed by atoms with Gasteiger partial charge in [-0.3, -0.25) is 0 Å². The lowest BCUT2D eigenvalue weighted by Gasteiger charge is -2.03. The van der Waals surface area contributed by atoms with E-state index in [4.69, 9.17) is 10.5 Å². The van der Waals surface area contributed by atoms with E-state index in [1.807, 2.05) is 12.1 Å². The highest BCUT2D eigenvalue weighted by Gasteiger charge is 2.09. The molecule has 0 aromatic heterocycles. The molecule has 0 fully saturated rings. The molecule has 0 bridgehead atoms. The van der Waals surface area contributed by atoms with Crippen LogP contribution in [0.2, 0.25) is 0 Å². The van der Waals surface area contributed by atoms with Crippen molar-refractivity contribution in [3.63, 3.8) is 0 Å². The fourth-order valence-electron chi connectivity index (χ4n) is 1.49. The molecular formula is C11H14N2O. The number of ether oxygens (including phenoxy) is 1. The molecule has 3 heteroatoms. The summed E-state index contributed by atoms with van der Waals surface area (Å²) in [6.07, 6.45) is 0.924. The molecule has 0 atom stereocenters. The summed E-state index contributed by atoms with van der Waals surface area (Å²) < 4.78 is 5.36. The van der Waals surface area contributed by atoms with Crippen LogP contribution in [0.4, 0.5) is 0 Å². The van der Waals surface area contributed by atoms with Crippen LogP contribution < -0.4 is 5.73 Å². The van der Waals surface area contributed by atoms with Gasteiger partial charge in [-0.05, 0) is 30.7 Å². The molecule has 3 nitrogen and oxygen atoms in total. The van der Waals surface area contributed by atoms with Gasteiger partial charge < -0.3 is 10.5 Å². The average molecular weight is 190 g/mol. The number of hydrogen-bond donors (Lipinski definition) is 1. The van der Waals surface area contributed by atoms with Crippen LogP contribution in [0.5, 0.6) is 0 Å². The summed E-state index contributed by atoms with van der Waals surface area (Å²) in [6.45, 7) is 2.18. The van der Waals surface area contributed by atoms with Crippen molar-refractivity contribution >= 4 is 5.90 Å². The maximum Gasteiger partial charge on any atom is 0.216 e. The first kappa shape index (κ1) is 9.21. The van der Waals surface area contributed by atoms with Crippen LogP contribution in [-0.4, -0.2) is 25.6 Å². The topological polar surface area (TPSA) is 47.6 Å². The van der Waals surface area contributed by atoms with Crippen LogP contribution in [0.25, 0.3) is 0 Å². The third-order valence-electron chi connectivity index (χ3n) is 2.22. The smallest absolute Gasteiger partial charge is 0.216 e. The molecule has 1 aromatic rings. The van der Waals surface area contributed by atoms with Gasteiger partial charge in [0.1, 0.15) is 6.61 Å². The number of benzene rings is 1. The average Bonchev–Trinajstić information content (AvgIpc) is 2.72. The summed E-state index contributed by atoms with van der Waals surface area (Å²) >= 11 is 0. The summed E-state index contributed by atoms with van der Waals surface area (Å²) in [7, 11) is 0. The van der Waals surface area contributed by atoms with Crippen LogP contribution in [0.3, 0.4) is 0 Å². The second-order valence-corrected chi connectivity index (χ2v) is 3.27. The lowest BCUT2D eigenvalue weighted by Crippen LogP contribution is -2.04. The molecule has 0 saturated carbocycles. The minimum atomic E-state index is 0.691. The van der Waals surface area contributed by atoms with E-state index in [0.29, 0.717) is 13.2 Å². The lowest BCUT2D eigenvalue weighted by molar-refractivity contribution is 0.348. The van der Waals surface area contributed by atoms with Gasteiger partial charge in [0, 0.05) is 5.56 Å². The molecule has 1 aromatic carbocycles. The van der Waals surface area contributed by atoms with E-state index in [2.05, 4.69) is 17.1 Å². The number of hydrogen-bond acceptors (Lipinski definition) is 3. The van der Waals surface area contributed by atoms with Gasteiger partial charge >= 0.3 is 0 Å². The molecular weight excluding hydrogens is 176 g/mol. The summed E-state index contributed by atoms with van der Waals surface area (Å²) in [5, 5.41) is 0. The van der Waals surface area contributed by atoms with Crippen LogP contribution in [0, 0.1) is 0 Å². The summed E-state index contributed by atoms with van der Waals surface area (Å²) in [6, 6.07) is 8.23. The van der Waals surface area contributed by atoms with E-state index >= 15 is 0 Å². The molecule has 1 aliphatic heterocycles. The van der Waals surface area contributed by atoms with Crippen molar-refractivity contribution in [3.05, 3.63) is 35.4 Å². The van der Waals surface area contributed by atoms with Gasteiger partial charge in [0.25, 0.3) is 0 Å². The molecule has 0 aliphatic carbocycles. The molecule has 1 heterocycles. The molecule has 74 valence electrons. The summed E-state index contributed by atoms with van der Waals surface area (Å²) in [5.74, 6) is 0.768. The Kier molecular flexibility index (Phi) is 2.79. The highest BCUT2D eigenvalue weighted by Crippen LogP contribution is 2.09. The number of nitrogens with two attached hydrogens (primary N) is 1. The van der Waals surface area contributed by atoms with Gasteiger partial charge in [0.05, 0.1) is 6.54 Å². The van der Waals surface area contributed by atoms with Crippen molar-refractivity contribution < 1.29 is 4.74 Å². The molecule has 0 radical (unpaired) electrons. The molecule has 0 spiro atoms. The second-order valence-electron chi connectivity index (χ2n) is 3.27. The van der Waals surface area contributed by atoms with Gasteiger partial charge in [0.15, 0.2) is 0 Å². The Morgan fingerprint density at radius 1 is 1.29 bits per heavy atom. The Labute approximate surface area is 83.6 Å². The van der Waals surface area contributed by atoms with Crippen LogP contribution in [0.15, 0.2) is 29.3 Å². The SMILES string of the molecule is NCCc1ccc(C2=NCCO2)cc1. The molecule has 1 aliphatic rings. The molecule has 2 N–H and O–H groups in total. The van der Waals surface area contributed by atoms with Crippen molar-refractivity contribution in [2.24, 2.45) is 10.7 Å². The first-order valence-electron chi connectivity index (χ1n) is 4.87. The van der Waals surface area contributed by atoms with E-state index < -0.39 is 0 Å². The van der Waals surface area contributed by atoms with Crippen molar-refractivity contribution in [1.29, 1.82) is 0 Å². The standard InChI is InChI=1S/C11H14N2O/c12-6-5-9-1-3-10(4-2-9)11-13-7-8-14-11/h1-4H,5-8,12H2. The minimum absolute atomic E-state index is 0.691. The normalized spacial score (nSPS) is 15.1. The van der Waals surface area contributed by atoms with Gasteiger partial charge in [-0.15, -0.1) is 0 Å². The highest BCUT2D eigenvalue weighted by molar-refractivity contribution is 5.94. The predicted octanol–water partition coefficient (Wildman–Crippen LogP) is 0.965. The number of rotatable bonds is 3. The largest absolute Gasteiger partial charge is 0.476 e.